The minimum absolute atomic E-state index is 0.0748. The highest BCUT2D eigenvalue weighted by Crippen LogP contribution is 2.26. The van der Waals surface area contributed by atoms with Gasteiger partial charge >= 0.3 is 0 Å². The minimum atomic E-state index is 0.0748. The first kappa shape index (κ1) is 13.9. The Labute approximate surface area is 106 Å². The van der Waals surface area contributed by atoms with Gasteiger partial charge in [-0.05, 0) is 29.3 Å². The van der Waals surface area contributed by atoms with Crippen LogP contribution in [0.25, 0.3) is 0 Å². The quantitative estimate of drug-likeness (QED) is 0.600. The smallest absolute Gasteiger partial charge is 0.207 e. The Hall–Kier alpha value is -1.16. The summed E-state index contributed by atoms with van der Waals surface area (Å²) in [5.74, 6) is 0.303. The molecular weight excluding hydrogens is 234 g/mol. The number of Topliss-reactive ketones (excluding diaryl/α,β-unsaturated/α-hetero) is 1. The number of nitrogens with one attached hydrogen (secondary N) is 1. The molecule has 1 atom stereocenters. The van der Waals surface area contributed by atoms with E-state index in [9.17, 15) is 9.59 Å². The van der Waals surface area contributed by atoms with Crippen LogP contribution in [0, 0.1) is 5.92 Å². The zero-order chi connectivity index (χ0) is 12.8. The van der Waals surface area contributed by atoms with Crippen molar-refractivity contribution in [3.63, 3.8) is 0 Å². The molecule has 1 amide bonds. The number of hydrogen-bond donors (Lipinski definition) is 1. The highest BCUT2D eigenvalue weighted by molar-refractivity contribution is 7.12. The molecule has 1 aromatic rings. The van der Waals surface area contributed by atoms with Gasteiger partial charge in [-0.1, -0.05) is 20.8 Å². The van der Waals surface area contributed by atoms with E-state index in [1.165, 1.54) is 11.3 Å². The van der Waals surface area contributed by atoms with Crippen LogP contribution in [-0.4, -0.2) is 12.2 Å². The predicted molar refractivity (Wildman–Crippen MR) is 70.4 cm³/mol. The fraction of sp³-hybridized carbons (Fsp3) is 0.538. The normalized spacial score (nSPS) is 12.2. The van der Waals surface area contributed by atoms with E-state index in [1.54, 1.807) is 0 Å². The Bertz CT molecular complexity index is 398. The zero-order valence-electron chi connectivity index (χ0n) is 10.6. The summed E-state index contributed by atoms with van der Waals surface area (Å²) < 4.78 is 0. The molecule has 1 heterocycles. The lowest BCUT2D eigenvalue weighted by molar-refractivity contribution is -0.109. The lowest BCUT2D eigenvalue weighted by Gasteiger charge is -2.08. The fourth-order valence-electron chi connectivity index (χ4n) is 1.72. The molecule has 1 aromatic heterocycles. The fourth-order valence-corrected chi connectivity index (χ4v) is 2.94. The number of carbonyl (C=O) groups excluding carboxylic acids is 2. The molecular formula is C13H19NO2S. The molecule has 0 radical (unpaired) electrons. The van der Waals surface area contributed by atoms with Gasteiger partial charge in [0, 0.05) is 12.5 Å². The maximum absolute atomic E-state index is 12.2. The highest BCUT2D eigenvalue weighted by atomic mass is 32.1. The molecule has 0 aromatic carbocycles. The number of thiophene rings is 1. The van der Waals surface area contributed by atoms with Crippen LogP contribution in [0.3, 0.4) is 0 Å². The standard InChI is InChI=1S/C13H19NO2S/c1-4-9(3)12(16)13-11(5-2)10(7-17-13)6-14-8-15/h7-9H,4-6H2,1-3H3,(H,14,15). The van der Waals surface area contributed by atoms with E-state index < -0.39 is 0 Å². The average Bonchev–Trinajstić information content (AvgIpc) is 2.76. The Morgan fingerprint density at radius 3 is 2.76 bits per heavy atom. The van der Waals surface area contributed by atoms with E-state index in [0.717, 1.165) is 28.8 Å². The third kappa shape index (κ3) is 3.16. The van der Waals surface area contributed by atoms with Crippen LogP contribution in [0.1, 0.15) is 48.0 Å². The van der Waals surface area contributed by atoms with E-state index in [-0.39, 0.29) is 11.7 Å². The predicted octanol–water partition coefficient (Wildman–Crippen LogP) is 2.79. The van der Waals surface area contributed by atoms with E-state index in [4.69, 9.17) is 0 Å². The molecule has 0 bridgehead atoms. The summed E-state index contributed by atoms with van der Waals surface area (Å²) >= 11 is 1.50. The molecule has 0 aliphatic carbocycles. The summed E-state index contributed by atoms with van der Waals surface area (Å²) in [4.78, 5) is 23.3. The van der Waals surface area contributed by atoms with Crippen LogP contribution in [0.5, 0.6) is 0 Å². The van der Waals surface area contributed by atoms with Crippen molar-refractivity contribution in [2.75, 3.05) is 0 Å². The monoisotopic (exact) mass is 253 g/mol. The van der Waals surface area contributed by atoms with Gasteiger partial charge < -0.3 is 5.32 Å². The minimum Gasteiger partial charge on any atom is -0.355 e. The first-order valence-corrected chi connectivity index (χ1v) is 6.84. The molecule has 4 heteroatoms. The molecule has 0 spiro atoms. The van der Waals surface area contributed by atoms with Crippen molar-refractivity contribution >= 4 is 23.5 Å². The number of rotatable bonds is 7. The third-order valence-corrected chi connectivity index (χ3v) is 4.08. The van der Waals surface area contributed by atoms with Crippen molar-refractivity contribution in [3.8, 4) is 0 Å². The van der Waals surface area contributed by atoms with E-state index in [0.29, 0.717) is 13.0 Å². The van der Waals surface area contributed by atoms with Crippen molar-refractivity contribution < 1.29 is 9.59 Å². The van der Waals surface area contributed by atoms with Crippen LogP contribution in [0.2, 0.25) is 0 Å². The van der Waals surface area contributed by atoms with Crippen molar-refractivity contribution in [2.24, 2.45) is 5.92 Å². The van der Waals surface area contributed by atoms with Crippen LogP contribution in [0.15, 0.2) is 5.38 Å². The van der Waals surface area contributed by atoms with Crippen molar-refractivity contribution in [1.29, 1.82) is 0 Å². The van der Waals surface area contributed by atoms with Crippen LogP contribution >= 0.6 is 11.3 Å². The van der Waals surface area contributed by atoms with Gasteiger partial charge in [0.05, 0.1) is 4.88 Å². The summed E-state index contributed by atoms with van der Waals surface area (Å²) in [7, 11) is 0. The number of amides is 1. The van der Waals surface area contributed by atoms with Crippen LogP contribution in [-0.2, 0) is 17.8 Å². The molecule has 0 saturated carbocycles. The lowest BCUT2D eigenvalue weighted by Crippen LogP contribution is -2.13. The number of carbonyl (C=O) groups is 2. The van der Waals surface area contributed by atoms with Crippen molar-refractivity contribution in [3.05, 3.63) is 21.4 Å². The lowest BCUT2D eigenvalue weighted by atomic mass is 9.98. The van der Waals surface area contributed by atoms with Gasteiger partial charge in [0.2, 0.25) is 6.41 Å². The van der Waals surface area contributed by atoms with E-state index in [2.05, 4.69) is 5.32 Å². The average molecular weight is 253 g/mol. The molecule has 1 unspecified atom stereocenters. The summed E-state index contributed by atoms with van der Waals surface area (Å²) in [5, 5.41) is 4.63. The molecule has 0 aliphatic heterocycles. The second kappa shape index (κ2) is 6.55. The molecule has 1 rings (SSSR count). The van der Waals surface area contributed by atoms with E-state index in [1.807, 2.05) is 26.2 Å². The topological polar surface area (TPSA) is 46.2 Å². The molecule has 17 heavy (non-hydrogen) atoms. The van der Waals surface area contributed by atoms with Gasteiger partial charge in [0.15, 0.2) is 5.78 Å². The highest BCUT2D eigenvalue weighted by Gasteiger charge is 2.20. The number of ketones is 1. The van der Waals surface area contributed by atoms with Gasteiger partial charge in [0.25, 0.3) is 0 Å². The maximum atomic E-state index is 12.2. The van der Waals surface area contributed by atoms with Gasteiger partial charge in [-0.2, -0.15) is 0 Å². The summed E-state index contributed by atoms with van der Waals surface area (Å²) in [5.41, 5.74) is 2.16. The maximum Gasteiger partial charge on any atom is 0.207 e. The molecule has 1 N–H and O–H groups in total. The molecule has 0 saturated heterocycles. The Balaban J connectivity index is 2.96. The summed E-state index contributed by atoms with van der Waals surface area (Å²) in [6.45, 7) is 6.54. The van der Waals surface area contributed by atoms with Crippen molar-refractivity contribution in [1.82, 2.24) is 5.32 Å². The summed E-state index contributed by atoms with van der Waals surface area (Å²) in [6, 6.07) is 0. The van der Waals surface area contributed by atoms with Crippen LogP contribution in [0.4, 0.5) is 0 Å². The summed E-state index contributed by atoms with van der Waals surface area (Å²) in [6.07, 6.45) is 2.38. The SMILES string of the molecule is CCc1c(CNC=O)csc1C(=O)C(C)CC. The second-order valence-corrected chi connectivity index (χ2v) is 4.97. The van der Waals surface area contributed by atoms with E-state index >= 15 is 0 Å². The number of hydrogen-bond acceptors (Lipinski definition) is 3. The molecule has 0 fully saturated rings. The Morgan fingerprint density at radius 1 is 1.53 bits per heavy atom. The van der Waals surface area contributed by atoms with Crippen molar-refractivity contribution in [2.45, 2.75) is 40.2 Å². The first-order chi connectivity index (χ1) is 8.15. The third-order valence-electron chi connectivity index (χ3n) is 2.99. The zero-order valence-corrected chi connectivity index (χ0v) is 11.4. The molecule has 0 aliphatic rings. The Morgan fingerprint density at radius 2 is 2.24 bits per heavy atom. The Kier molecular flexibility index (Phi) is 5.35. The second-order valence-electron chi connectivity index (χ2n) is 4.09. The van der Waals surface area contributed by atoms with Gasteiger partial charge in [-0.3, -0.25) is 9.59 Å². The van der Waals surface area contributed by atoms with Gasteiger partial charge in [-0.25, -0.2) is 0 Å². The van der Waals surface area contributed by atoms with Crippen LogP contribution < -0.4 is 5.32 Å². The van der Waals surface area contributed by atoms with Gasteiger partial charge in [0.1, 0.15) is 0 Å². The molecule has 3 nitrogen and oxygen atoms in total. The first-order valence-electron chi connectivity index (χ1n) is 5.96. The molecule has 94 valence electrons. The largest absolute Gasteiger partial charge is 0.355 e. The van der Waals surface area contributed by atoms with Gasteiger partial charge in [-0.15, -0.1) is 11.3 Å².